The van der Waals surface area contributed by atoms with Crippen molar-refractivity contribution < 1.29 is 5.11 Å². The highest BCUT2D eigenvalue weighted by atomic mass is 16.3. The Kier molecular flexibility index (Phi) is 5.97. The molecule has 0 aliphatic carbocycles. The summed E-state index contributed by atoms with van der Waals surface area (Å²) in [6.07, 6.45) is 3.99. The minimum Gasteiger partial charge on any atom is -0.396 e. The van der Waals surface area contributed by atoms with E-state index in [-0.39, 0.29) is 0 Å². The number of nitrogens with one attached hydrogen (secondary N) is 1. The summed E-state index contributed by atoms with van der Waals surface area (Å²) in [4.78, 5) is 4.23. The zero-order valence-corrected chi connectivity index (χ0v) is 9.32. The topological polar surface area (TPSA) is 45.1 Å². The van der Waals surface area contributed by atoms with E-state index < -0.39 is 0 Å². The normalized spacial score (nSPS) is 12.7. The third kappa shape index (κ3) is 5.50. The number of aromatic nitrogens is 1. The molecule has 3 nitrogen and oxygen atoms in total. The van der Waals surface area contributed by atoms with Crippen molar-refractivity contribution in [3.8, 4) is 0 Å². The van der Waals surface area contributed by atoms with Gasteiger partial charge in [0.1, 0.15) is 0 Å². The lowest BCUT2D eigenvalue weighted by Crippen LogP contribution is -2.16. The first-order valence-electron chi connectivity index (χ1n) is 5.54. The Morgan fingerprint density at radius 1 is 1.47 bits per heavy atom. The first-order valence-corrected chi connectivity index (χ1v) is 5.54. The second-order valence-corrected chi connectivity index (χ2v) is 3.93. The first-order chi connectivity index (χ1) is 7.33. The highest BCUT2D eigenvalue weighted by molar-refractivity contribution is 5.02. The van der Waals surface area contributed by atoms with Crippen molar-refractivity contribution in [2.75, 3.05) is 13.2 Å². The van der Waals surface area contributed by atoms with Gasteiger partial charge in [-0.15, -0.1) is 0 Å². The zero-order valence-electron chi connectivity index (χ0n) is 9.32. The minimum absolute atomic E-state index is 0.292. The zero-order chi connectivity index (χ0) is 10.9. The Balaban J connectivity index is 2.03. The van der Waals surface area contributed by atoms with Crippen LogP contribution < -0.4 is 5.32 Å². The number of aliphatic hydroxyl groups is 1. The summed E-state index contributed by atoms with van der Waals surface area (Å²) in [6, 6.07) is 5.94. The van der Waals surface area contributed by atoms with Crippen LogP contribution in [0.5, 0.6) is 0 Å². The quantitative estimate of drug-likeness (QED) is 0.669. The van der Waals surface area contributed by atoms with E-state index in [0.717, 1.165) is 31.6 Å². The van der Waals surface area contributed by atoms with E-state index in [2.05, 4.69) is 17.2 Å². The van der Waals surface area contributed by atoms with Gasteiger partial charge >= 0.3 is 0 Å². The lowest BCUT2D eigenvalue weighted by molar-refractivity contribution is 0.228. The van der Waals surface area contributed by atoms with E-state index in [0.29, 0.717) is 12.5 Å². The molecule has 84 valence electrons. The predicted octanol–water partition coefficient (Wildman–Crippen LogP) is 1.58. The molecule has 1 atom stereocenters. The molecule has 1 aromatic heterocycles. The van der Waals surface area contributed by atoms with Gasteiger partial charge in [0.2, 0.25) is 0 Å². The van der Waals surface area contributed by atoms with Crippen molar-refractivity contribution >= 4 is 0 Å². The van der Waals surface area contributed by atoms with Crippen LogP contribution in [0.3, 0.4) is 0 Å². The van der Waals surface area contributed by atoms with Gasteiger partial charge < -0.3 is 10.4 Å². The molecule has 0 bridgehead atoms. The lowest BCUT2D eigenvalue weighted by Gasteiger charge is -2.07. The molecule has 0 aliphatic heterocycles. The Bertz CT molecular complexity index is 251. The van der Waals surface area contributed by atoms with Crippen LogP contribution in [0.25, 0.3) is 0 Å². The average Bonchev–Trinajstić information content (AvgIpc) is 2.29. The number of pyridine rings is 1. The molecule has 0 fully saturated rings. The van der Waals surface area contributed by atoms with E-state index in [1.54, 1.807) is 0 Å². The molecule has 0 aromatic carbocycles. The van der Waals surface area contributed by atoms with Crippen LogP contribution in [0, 0.1) is 5.92 Å². The van der Waals surface area contributed by atoms with Gasteiger partial charge in [0.05, 0.1) is 5.69 Å². The summed E-state index contributed by atoms with van der Waals surface area (Å²) in [5.41, 5.74) is 1.08. The fraction of sp³-hybridized carbons (Fsp3) is 0.583. The maximum atomic E-state index is 8.84. The Morgan fingerprint density at radius 3 is 3.00 bits per heavy atom. The third-order valence-corrected chi connectivity index (χ3v) is 2.39. The van der Waals surface area contributed by atoms with Gasteiger partial charge in [-0.1, -0.05) is 13.0 Å². The van der Waals surface area contributed by atoms with Gasteiger partial charge in [-0.25, -0.2) is 0 Å². The first kappa shape index (κ1) is 12.1. The standard InChI is InChI=1S/C12H20N2O/c1-11(10-15)5-4-7-13-9-12-6-2-3-8-14-12/h2-3,6,8,11,13,15H,4-5,7,9-10H2,1H3. The van der Waals surface area contributed by atoms with Gasteiger partial charge in [0.15, 0.2) is 0 Å². The van der Waals surface area contributed by atoms with Gasteiger partial charge in [-0.05, 0) is 37.4 Å². The van der Waals surface area contributed by atoms with Crippen molar-refractivity contribution in [2.45, 2.75) is 26.3 Å². The maximum Gasteiger partial charge on any atom is 0.0541 e. The van der Waals surface area contributed by atoms with Crippen LogP contribution >= 0.6 is 0 Å². The SMILES string of the molecule is CC(CO)CCCNCc1ccccn1. The van der Waals surface area contributed by atoms with Crippen molar-refractivity contribution in [1.29, 1.82) is 0 Å². The number of rotatable bonds is 7. The highest BCUT2D eigenvalue weighted by Gasteiger charge is 1.98. The number of aliphatic hydroxyl groups excluding tert-OH is 1. The number of nitrogens with zero attached hydrogens (tertiary/aromatic N) is 1. The van der Waals surface area contributed by atoms with Crippen LogP contribution in [-0.2, 0) is 6.54 Å². The molecule has 0 saturated carbocycles. The molecule has 0 aliphatic rings. The summed E-state index contributed by atoms with van der Waals surface area (Å²) >= 11 is 0. The minimum atomic E-state index is 0.292. The molecule has 1 unspecified atom stereocenters. The molecule has 0 radical (unpaired) electrons. The predicted molar refractivity (Wildman–Crippen MR) is 61.4 cm³/mol. The fourth-order valence-corrected chi connectivity index (χ4v) is 1.39. The smallest absolute Gasteiger partial charge is 0.0541 e. The molecule has 0 spiro atoms. The van der Waals surface area contributed by atoms with Crippen LogP contribution in [0.1, 0.15) is 25.5 Å². The van der Waals surface area contributed by atoms with Crippen molar-refractivity contribution in [3.05, 3.63) is 30.1 Å². The van der Waals surface area contributed by atoms with Crippen LogP contribution in [-0.4, -0.2) is 23.2 Å². The molecule has 15 heavy (non-hydrogen) atoms. The van der Waals surface area contributed by atoms with E-state index in [4.69, 9.17) is 5.11 Å². The molecule has 3 heteroatoms. The van der Waals surface area contributed by atoms with Crippen LogP contribution in [0.2, 0.25) is 0 Å². The summed E-state index contributed by atoms with van der Waals surface area (Å²) in [5.74, 6) is 0.418. The molecular formula is C12H20N2O. The molecule has 1 rings (SSSR count). The number of hydrogen-bond acceptors (Lipinski definition) is 3. The second-order valence-electron chi connectivity index (χ2n) is 3.93. The van der Waals surface area contributed by atoms with Crippen LogP contribution in [0.4, 0.5) is 0 Å². The molecule has 0 amide bonds. The summed E-state index contributed by atoms with van der Waals surface area (Å²) in [7, 11) is 0. The Hall–Kier alpha value is -0.930. The van der Waals surface area contributed by atoms with Crippen molar-refractivity contribution in [2.24, 2.45) is 5.92 Å². The molecular weight excluding hydrogens is 188 g/mol. The van der Waals surface area contributed by atoms with E-state index >= 15 is 0 Å². The van der Waals surface area contributed by atoms with E-state index in [1.165, 1.54) is 0 Å². The Labute approximate surface area is 91.5 Å². The van der Waals surface area contributed by atoms with Crippen molar-refractivity contribution in [1.82, 2.24) is 10.3 Å². The van der Waals surface area contributed by atoms with E-state index in [1.807, 2.05) is 24.4 Å². The maximum absolute atomic E-state index is 8.84. The average molecular weight is 208 g/mol. The van der Waals surface area contributed by atoms with Gasteiger partial charge in [-0.3, -0.25) is 4.98 Å². The molecule has 1 aromatic rings. The van der Waals surface area contributed by atoms with Gasteiger partial charge in [0.25, 0.3) is 0 Å². The fourth-order valence-electron chi connectivity index (χ4n) is 1.39. The number of hydrogen-bond donors (Lipinski definition) is 2. The van der Waals surface area contributed by atoms with Crippen molar-refractivity contribution in [3.63, 3.8) is 0 Å². The third-order valence-electron chi connectivity index (χ3n) is 2.39. The van der Waals surface area contributed by atoms with Crippen LogP contribution in [0.15, 0.2) is 24.4 Å². The molecule has 2 N–H and O–H groups in total. The largest absolute Gasteiger partial charge is 0.396 e. The summed E-state index contributed by atoms with van der Waals surface area (Å²) in [6.45, 7) is 4.17. The van der Waals surface area contributed by atoms with Gasteiger partial charge in [-0.2, -0.15) is 0 Å². The second kappa shape index (κ2) is 7.37. The molecule has 0 saturated heterocycles. The summed E-state index contributed by atoms with van der Waals surface area (Å²) in [5, 5.41) is 12.2. The lowest BCUT2D eigenvalue weighted by atomic mass is 10.1. The monoisotopic (exact) mass is 208 g/mol. The highest BCUT2D eigenvalue weighted by Crippen LogP contribution is 2.02. The summed E-state index contributed by atoms with van der Waals surface area (Å²) < 4.78 is 0. The Morgan fingerprint density at radius 2 is 2.33 bits per heavy atom. The molecule has 1 heterocycles. The van der Waals surface area contributed by atoms with E-state index in [9.17, 15) is 0 Å². The van der Waals surface area contributed by atoms with Gasteiger partial charge in [0, 0.05) is 19.3 Å².